The van der Waals surface area contributed by atoms with Gasteiger partial charge in [0.1, 0.15) is 5.82 Å². The smallest absolute Gasteiger partial charge is 0.252 e. The summed E-state index contributed by atoms with van der Waals surface area (Å²) in [5.74, 6) is 0.889. The molecule has 1 aliphatic rings. The van der Waals surface area contributed by atoms with Crippen LogP contribution in [0.1, 0.15) is 23.2 Å². The van der Waals surface area contributed by atoms with Gasteiger partial charge in [0.25, 0.3) is 5.91 Å². The molecule has 2 aromatic heterocycles. The van der Waals surface area contributed by atoms with Gasteiger partial charge >= 0.3 is 0 Å². The van der Waals surface area contributed by atoms with Crippen LogP contribution in [0.15, 0.2) is 55.1 Å². The van der Waals surface area contributed by atoms with Gasteiger partial charge < -0.3 is 15.4 Å². The Hall–Kier alpha value is -3.03. The number of rotatable bonds is 6. The van der Waals surface area contributed by atoms with Crippen molar-refractivity contribution in [3.63, 3.8) is 0 Å². The van der Waals surface area contributed by atoms with Crippen molar-refractivity contribution >= 4 is 29.0 Å². The summed E-state index contributed by atoms with van der Waals surface area (Å²) in [6.45, 7) is 2.16. The van der Waals surface area contributed by atoms with Crippen molar-refractivity contribution < 1.29 is 9.53 Å². The number of hydrogen-bond donors (Lipinski definition) is 2. The Balaban J connectivity index is 1.45. The maximum Gasteiger partial charge on any atom is 0.252 e. The molecular weight excluding hydrogens is 402 g/mol. The van der Waals surface area contributed by atoms with Crippen molar-refractivity contribution in [3.8, 4) is 11.3 Å². The zero-order valence-electron chi connectivity index (χ0n) is 16.3. The molecule has 1 aliphatic heterocycles. The number of pyridine rings is 1. The Morgan fingerprint density at radius 1 is 1.10 bits per heavy atom. The van der Waals surface area contributed by atoms with E-state index in [4.69, 9.17) is 16.3 Å². The fraction of sp³-hybridized carbons (Fsp3) is 0.273. The quantitative estimate of drug-likeness (QED) is 0.620. The van der Waals surface area contributed by atoms with E-state index in [1.54, 1.807) is 43.0 Å². The number of carbonyl (C=O) groups is 1. The number of carbonyl (C=O) groups excluding carboxylic acids is 1. The van der Waals surface area contributed by atoms with E-state index >= 15 is 0 Å². The van der Waals surface area contributed by atoms with Gasteiger partial charge in [0.2, 0.25) is 0 Å². The molecule has 0 spiro atoms. The molecule has 30 heavy (non-hydrogen) atoms. The lowest BCUT2D eigenvalue weighted by Gasteiger charge is -2.22. The summed E-state index contributed by atoms with van der Waals surface area (Å²) in [5, 5.41) is 6.81. The van der Waals surface area contributed by atoms with Gasteiger partial charge in [-0.05, 0) is 43.0 Å². The fourth-order valence-corrected chi connectivity index (χ4v) is 3.46. The average molecular weight is 424 g/mol. The van der Waals surface area contributed by atoms with E-state index in [0.717, 1.165) is 37.3 Å². The molecule has 3 aromatic rings. The molecule has 1 saturated heterocycles. The summed E-state index contributed by atoms with van der Waals surface area (Å²) in [4.78, 5) is 25.6. The minimum Gasteiger partial charge on any atom is -0.381 e. The molecule has 0 unspecified atom stereocenters. The molecule has 0 atom stereocenters. The summed E-state index contributed by atoms with van der Waals surface area (Å²) in [7, 11) is 0. The maximum atomic E-state index is 12.6. The topological polar surface area (TPSA) is 89.0 Å². The van der Waals surface area contributed by atoms with Crippen LogP contribution in [0.3, 0.4) is 0 Å². The van der Waals surface area contributed by atoms with Crippen molar-refractivity contribution in [1.82, 2.24) is 20.3 Å². The van der Waals surface area contributed by atoms with Crippen LogP contribution in [-0.2, 0) is 4.74 Å². The minimum absolute atomic E-state index is 0.142. The van der Waals surface area contributed by atoms with Gasteiger partial charge in [0.15, 0.2) is 0 Å². The molecule has 8 heteroatoms. The summed E-state index contributed by atoms with van der Waals surface area (Å²) < 4.78 is 5.36. The number of ether oxygens (including phenoxy) is 1. The van der Waals surface area contributed by atoms with Gasteiger partial charge in [0, 0.05) is 48.4 Å². The monoisotopic (exact) mass is 423 g/mol. The molecule has 154 valence electrons. The molecule has 0 aliphatic carbocycles. The zero-order chi connectivity index (χ0) is 20.8. The third kappa shape index (κ3) is 5.31. The number of amides is 1. The normalized spacial score (nSPS) is 14.3. The summed E-state index contributed by atoms with van der Waals surface area (Å²) >= 11 is 6.03. The van der Waals surface area contributed by atoms with E-state index < -0.39 is 0 Å². The lowest BCUT2D eigenvalue weighted by Crippen LogP contribution is -2.32. The van der Waals surface area contributed by atoms with Crippen LogP contribution in [0.2, 0.25) is 5.02 Å². The molecule has 4 rings (SSSR count). The first kappa shape index (κ1) is 20.3. The van der Waals surface area contributed by atoms with Crippen molar-refractivity contribution in [2.75, 3.05) is 25.1 Å². The fourth-order valence-electron chi connectivity index (χ4n) is 3.27. The van der Waals surface area contributed by atoms with Crippen LogP contribution in [0, 0.1) is 5.92 Å². The lowest BCUT2D eigenvalue weighted by molar-refractivity contribution is 0.0642. The van der Waals surface area contributed by atoms with Crippen molar-refractivity contribution in [1.29, 1.82) is 0 Å². The Kier molecular flexibility index (Phi) is 6.51. The Labute approximate surface area is 179 Å². The number of aromatic nitrogens is 3. The molecule has 7 nitrogen and oxygen atoms in total. The van der Waals surface area contributed by atoms with Gasteiger partial charge in [0.05, 0.1) is 23.7 Å². The predicted octanol–water partition coefficient (Wildman–Crippen LogP) is 4.09. The van der Waals surface area contributed by atoms with Gasteiger partial charge in [-0.3, -0.25) is 14.8 Å². The number of halogens is 1. The lowest BCUT2D eigenvalue weighted by atomic mass is 10.0. The highest BCUT2D eigenvalue weighted by molar-refractivity contribution is 6.30. The molecule has 2 N–H and O–H groups in total. The molecule has 1 fully saturated rings. The molecule has 1 amide bonds. The van der Waals surface area contributed by atoms with Gasteiger partial charge in [-0.2, -0.15) is 0 Å². The number of nitrogens with zero attached hydrogens (tertiary/aromatic N) is 3. The van der Waals surface area contributed by atoms with Gasteiger partial charge in [-0.1, -0.05) is 17.7 Å². The highest BCUT2D eigenvalue weighted by atomic mass is 35.5. The van der Waals surface area contributed by atoms with Crippen LogP contribution in [0.4, 0.5) is 11.5 Å². The van der Waals surface area contributed by atoms with Crippen LogP contribution in [-0.4, -0.2) is 40.6 Å². The van der Waals surface area contributed by atoms with Gasteiger partial charge in [-0.25, -0.2) is 4.98 Å². The van der Waals surface area contributed by atoms with E-state index in [1.807, 2.05) is 12.1 Å². The minimum atomic E-state index is -0.142. The Morgan fingerprint density at radius 2 is 1.93 bits per heavy atom. The Bertz CT molecular complexity index is 1020. The van der Waals surface area contributed by atoms with E-state index in [1.165, 1.54) is 0 Å². The number of nitrogens with one attached hydrogen (secondary N) is 2. The number of hydrogen-bond acceptors (Lipinski definition) is 6. The molecule has 1 aromatic carbocycles. The van der Waals surface area contributed by atoms with E-state index in [0.29, 0.717) is 34.6 Å². The van der Waals surface area contributed by atoms with E-state index in [9.17, 15) is 4.79 Å². The summed E-state index contributed by atoms with van der Waals surface area (Å²) in [6.07, 6.45) is 8.44. The van der Waals surface area contributed by atoms with Crippen molar-refractivity contribution in [3.05, 3.63) is 65.7 Å². The summed E-state index contributed by atoms with van der Waals surface area (Å²) in [5.41, 5.74) is 2.65. The Morgan fingerprint density at radius 3 is 2.77 bits per heavy atom. The predicted molar refractivity (Wildman–Crippen MR) is 116 cm³/mol. The van der Waals surface area contributed by atoms with Crippen LogP contribution >= 0.6 is 11.6 Å². The first-order valence-electron chi connectivity index (χ1n) is 9.83. The van der Waals surface area contributed by atoms with Crippen LogP contribution in [0.25, 0.3) is 11.3 Å². The molecular formula is C22H22ClN5O2. The molecule has 0 radical (unpaired) electrons. The molecule has 0 bridgehead atoms. The van der Waals surface area contributed by atoms with Crippen LogP contribution < -0.4 is 10.6 Å². The highest BCUT2D eigenvalue weighted by Gasteiger charge is 2.16. The number of benzene rings is 1. The maximum absolute atomic E-state index is 12.6. The standard InChI is InChI=1S/C22H22ClN5O2/c23-18-2-1-3-19(9-18)27-21-14-25-13-20(28-21)16-8-17(12-24-11-16)22(29)26-10-15-4-6-30-7-5-15/h1-3,8-9,11-15H,4-7,10H2,(H,26,29)(H,27,28). The first-order chi connectivity index (χ1) is 14.7. The van der Waals surface area contributed by atoms with E-state index in [-0.39, 0.29) is 5.91 Å². The largest absolute Gasteiger partial charge is 0.381 e. The molecule has 3 heterocycles. The van der Waals surface area contributed by atoms with Crippen molar-refractivity contribution in [2.24, 2.45) is 5.92 Å². The van der Waals surface area contributed by atoms with E-state index in [2.05, 4.69) is 25.6 Å². The van der Waals surface area contributed by atoms with Crippen molar-refractivity contribution in [2.45, 2.75) is 12.8 Å². The second-order valence-corrected chi connectivity index (χ2v) is 7.59. The van der Waals surface area contributed by atoms with Gasteiger partial charge in [-0.15, -0.1) is 0 Å². The summed E-state index contributed by atoms with van der Waals surface area (Å²) in [6, 6.07) is 9.14. The zero-order valence-corrected chi connectivity index (χ0v) is 17.1. The number of anilines is 2. The second kappa shape index (κ2) is 9.65. The first-order valence-corrected chi connectivity index (χ1v) is 10.2. The SMILES string of the molecule is O=C(NCC1CCOCC1)c1cncc(-c2cncc(Nc3cccc(Cl)c3)n2)c1. The molecule has 0 saturated carbocycles. The average Bonchev–Trinajstić information content (AvgIpc) is 2.78. The highest BCUT2D eigenvalue weighted by Crippen LogP contribution is 2.22. The third-order valence-electron chi connectivity index (χ3n) is 4.92. The van der Waals surface area contributed by atoms with Crippen LogP contribution in [0.5, 0.6) is 0 Å². The third-order valence-corrected chi connectivity index (χ3v) is 5.16. The second-order valence-electron chi connectivity index (χ2n) is 7.15.